The monoisotopic (exact) mass is 246 g/mol. The van der Waals surface area contributed by atoms with Gasteiger partial charge in [-0.05, 0) is 49.7 Å². The van der Waals surface area contributed by atoms with Crippen molar-refractivity contribution in [2.75, 3.05) is 5.32 Å². The number of rotatable bonds is 3. The number of halogens is 1. The Kier molecular flexibility index (Phi) is 3.46. The van der Waals surface area contributed by atoms with Gasteiger partial charge >= 0.3 is 0 Å². The molecule has 2 aromatic rings. The molecule has 0 aliphatic rings. The van der Waals surface area contributed by atoms with E-state index in [1.807, 2.05) is 19.9 Å². The van der Waals surface area contributed by atoms with Crippen LogP contribution in [0.3, 0.4) is 0 Å². The Bertz CT molecular complexity index is 549. The van der Waals surface area contributed by atoms with E-state index >= 15 is 0 Å². The topological polar surface area (TPSA) is 45.2 Å². The fourth-order valence-corrected chi connectivity index (χ4v) is 1.76. The maximum absolute atomic E-state index is 13.2. The number of nitrogens with zero attached hydrogens (tertiary/aromatic N) is 1. The second-order valence-corrected chi connectivity index (χ2v) is 4.29. The van der Waals surface area contributed by atoms with Gasteiger partial charge in [-0.15, -0.1) is 0 Å². The van der Waals surface area contributed by atoms with Gasteiger partial charge in [0.25, 0.3) is 0 Å². The van der Waals surface area contributed by atoms with Gasteiger partial charge in [0.15, 0.2) is 0 Å². The molecule has 0 saturated carbocycles. The van der Waals surface area contributed by atoms with Crippen LogP contribution in [0.1, 0.15) is 17.0 Å². The van der Waals surface area contributed by atoms with Crippen molar-refractivity contribution in [1.29, 1.82) is 0 Å². The van der Waals surface area contributed by atoms with Crippen LogP contribution < -0.4 is 5.32 Å². The molecule has 1 heterocycles. The molecule has 0 unspecified atom stereocenters. The third-order valence-corrected chi connectivity index (χ3v) is 2.59. The van der Waals surface area contributed by atoms with E-state index in [4.69, 9.17) is 0 Å². The standard InChI is InChI=1S/C14H15FN2O/c1-9-5-11(15)7-12(6-9)16-8-13-14(18)4-3-10(2)17-13/h3-7,16,18H,8H2,1-2H3. The van der Waals surface area contributed by atoms with Crippen molar-refractivity contribution in [3.05, 3.63) is 53.1 Å². The first-order chi connectivity index (χ1) is 8.54. The lowest BCUT2D eigenvalue weighted by atomic mass is 10.2. The lowest BCUT2D eigenvalue weighted by Crippen LogP contribution is -2.03. The summed E-state index contributed by atoms with van der Waals surface area (Å²) in [5, 5.41) is 12.7. The van der Waals surface area contributed by atoms with Gasteiger partial charge in [-0.3, -0.25) is 4.98 Å². The van der Waals surface area contributed by atoms with E-state index in [2.05, 4.69) is 10.3 Å². The normalized spacial score (nSPS) is 10.4. The predicted octanol–water partition coefficient (Wildman–Crippen LogP) is 3.16. The highest BCUT2D eigenvalue weighted by Gasteiger charge is 2.04. The number of nitrogens with one attached hydrogen (secondary N) is 1. The van der Waals surface area contributed by atoms with Crippen LogP contribution in [0.15, 0.2) is 30.3 Å². The average Bonchev–Trinajstić information content (AvgIpc) is 2.29. The number of aromatic hydroxyl groups is 1. The number of aryl methyl sites for hydroxylation is 2. The molecule has 4 heteroatoms. The van der Waals surface area contributed by atoms with E-state index < -0.39 is 0 Å². The van der Waals surface area contributed by atoms with E-state index in [1.54, 1.807) is 12.1 Å². The Morgan fingerprint density at radius 1 is 1.22 bits per heavy atom. The highest BCUT2D eigenvalue weighted by Crippen LogP contribution is 2.18. The Hall–Kier alpha value is -2.10. The van der Waals surface area contributed by atoms with Crippen LogP contribution in [0.4, 0.5) is 10.1 Å². The van der Waals surface area contributed by atoms with Gasteiger partial charge in [0.05, 0.1) is 6.54 Å². The maximum Gasteiger partial charge on any atom is 0.138 e. The third-order valence-electron chi connectivity index (χ3n) is 2.59. The molecule has 0 fully saturated rings. The Morgan fingerprint density at radius 3 is 2.72 bits per heavy atom. The van der Waals surface area contributed by atoms with Gasteiger partial charge in [0, 0.05) is 11.4 Å². The van der Waals surface area contributed by atoms with Crippen LogP contribution in [0, 0.1) is 19.7 Å². The van der Waals surface area contributed by atoms with Gasteiger partial charge in [-0.25, -0.2) is 4.39 Å². The van der Waals surface area contributed by atoms with E-state index in [9.17, 15) is 9.50 Å². The summed E-state index contributed by atoms with van der Waals surface area (Å²) in [6, 6.07) is 8.07. The molecule has 0 atom stereocenters. The first-order valence-electron chi connectivity index (χ1n) is 5.71. The van der Waals surface area contributed by atoms with Crippen molar-refractivity contribution in [3.63, 3.8) is 0 Å². The van der Waals surface area contributed by atoms with Gasteiger partial charge < -0.3 is 10.4 Å². The lowest BCUT2D eigenvalue weighted by Gasteiger charge is -2.09. The molecule has 0 bridgehead atoms. The molecular formula is C14H15FN2O. The average molecular weight is 246 g/mol. The first kappa shape index (κ1) is 12.4. The fourth-order valence-electron chi connectivity index (χ4n) is 1.76. The third kappa shape index (κ3) is 2.97. The summed E-state index contributed by atoms with van der Waals surface area (Å²) in [5.41, 5.74) is 2.91. The van der Waals surface area contributed by atoms with E-state index in [-0.39, 0.29) is 11.6 Å². The molecule has 0 aliphatic heterocycles. The highest BCUT2D eigenvalue weighted by atomic mass is 19.1. The Balaban J connectivity index is 2.13. The summed E-state index contributed by atoms with van der Waals surface area (Å²) >= 11 is 0. The first-order valence-corrected chi connectivity index (χ1v) is 5.71. The number of hydrogen-bond acceptors (Lipinski definition) is 3. The zero-order valence-corrected chi connectivity index (χ0v) is 10.4. The van der Waals surface area contributed by atoms with Crippen LogP contribution in [-0.2, 0) is 6.54 Å². The van der Waals surface area contributed by atoms with Crippen LogP contribution >= 0.6 is 0 Å². The van der Waals surface area contributed by atoms with Crippen LogP contribution in [0.25, 0.3) is 0 Å². The van der Waals surface area contributed by atoms with Crippen molar-refractivity contribution in [2.45, 2.75) is 20.4 Å². The molecule has 0 aliphatic carbocycles. The molecule has 1 aromatic carbocycles. The summed E-state index contributed by atoms with van der Waals surface area (Å²) in [6.45, 7) is 4.04. The largest absolute Gasteiger partial charge is 0.506 e. The maximum atomic E-state index is 13.2. The minimum absolute atomic E-state index is 0.140. The molecule has 2 rings (SSSR count). The zero-order valence-electron chi connectivity index (χ0n) is 10.4. The summed E-state index contributed by atoms with van der Waals surface area (Å²) in [6.07, 6.45) is 0. The zero-order chi connectivity index (χ0) is 13.1. The summed E-state index contributed by atoms with van der Waals surface area (Å²) < 4.78 is 13.2. The molecular weight excluding hydrogens is 231 g/mol. The second kappa shape index (κ2) is 5.04. The number of anilines is 1. The van der Waals surface area contributed by atoms with Gasteiger partial charge in [-0.2, -0.15) is 0 Å². The number of pyridine rings is 1. The van der Waals surface area contributed by atoms with Crippen molar-refractivity contribution >= 4 is 5.69 Å². The highest BCUT2D eigenvalue weighted by molar-refractivity contribution is 5.46. The van der Waals surface area contributed by atoms with Crippen molar-refractivity contribution < 1.29 is 9.50 Å². The molecule has 2 N–H and O–H groups in total. The number of hydrogen-bond donors (Lipinski definition) is 2. The van der Waals surface area contributed by atoms with Crippen molar-refractivity contribution in [1.82, 2.24) is 4.98 Å². The van der Waals surface area contributed by atoms with Crippen LogP contribution in [0.5, 0.6) is 5.75 Å². The minimum Gasteiger partial charge on any atom is -0.506 e. The summed E-state index contributed by atoms with van der Waals surface area (Å²) in [4.78, 5) is 4.23. The summed E-state index contributed by atoms with van der Waals surface area (Å²) in [7, 11) is 0. The smallest absolute Gasteiger partial charge is 0.138 e. The van der Waals surface area contributed by atoms with Crippen LogP contribution in [-0.4, -0.2) is 10.1 Å². The van der Waals surface area contributed by atoms with Crippen molar-refractivity contribution in [2.24, 2.45) is 0 Å². The number of benzene rings is 1. The second-order valence-electron chi connectivity index (χ2n) is 4.29. The lowest BCUT2D eigenvalue weighted by molar-refractivity contribution is 0.464. The van der Waals surface area contributed by atoms with E-state index in [0.717, 1.165) is 11.3 Å². The molecule has 0 saturated heterocycles. The quantitative estimate of drug-likeness (QED) is 0.874. The fraction of sp³-hybridized carbons (Fsp3) is 0.214. The van der Waals surface area contributed by atoms with Gasteiger partial charge in [0.2, 0.25) is 0 Å². The predicted molar refractivity (Wildman–Crippen MR) is 69.1 cm³/mol. The molecule has 0 amide bonds. The molecule has 0 radical (unpaired) electrons. The SMILES string of the molecule is Cc1cc(F)cc(NCc2nc(C)ccc2O)c1. The number of aromatic nitrogens is 1. The minimum atomic E-state index is -0.279. The molecule has 18 heavy (non-hydrogen) atoms. The Labute approximate surface area is 105 Å². The van der Waals surface area contributed by atoms with Crippen molar-refractivity contribution in [3.8, 4) is 5.75 Å². The van der Waals surface area contributed by atoms with Gasteiger partial charge in [-0.1, -0.05) is 0 Å². The molecule has 94 valence electrons. The van der Waals surface area contributed by atoms with Gasteiger partial charge in [0.1, 0.15) is 17.3 Å². The van der Waals surface area contributed by atoms with E-state index in [1.165, 1.54) is 12.1 Å². The Morgan fingerprint density at radius 2 is 2.00 bits per heavy atom. The van der Waals surface area contributed by atoms with E-state index in [0.29, 0.717) is 17.9 Å². The summed E-state index contributed by atoms with van der Waals surface area (Å²) in [5.74, 6) is -0.139. The molecule has 1 aromatic heterocycles. The van der Waals surface area contributed by atoms with Crippen LogP contribution in [0.2, 0.25) is 0 Å². The molecule has 0 spiro atoms. The molecule has 3 nitrogen and oxygen atoms in total.